The summed E-state index contributed by atoms with van der Waals surface area (Å²) in [6.07, 6.45) is 3.56. The van der Waals surface area contributed by atoms with Gasteiger partial charge in [0.1, 0.15) is 6.04 Å². The summed E-state index contributed by atoms with van der Waals surface area (Å²) in [7, 11) is 0. The van der Waals surface area contributed by atoms with Crippen molar-refractivity contribution in [3.63, 3.8) is 0 Å². The molecule has 1 atom stereocenters. The molecule has 0 bridgehead atoms. The van der Waals surface area contributed by atoms with Gasteiger partial charge in [0.2, 0.25) is 11.8 Å². The molecule has 1 fully saturated rings. The lowest BCUT2D eigenvalue weighted by Gasteiger charge is -2.35. The molecule has 7 nitrogen and oxygen atoms in total. The average molecular weight is 355 g/mol. The minimum atomic E-state index is -0.628. The van der Waals surface area contributed by atoms with Gasteiger partial charge in [0.15, 0.2) is 0 Å². The number of nitrogens with one attached hydrogen (secondary N) is 1. The van der Waals surface area contributed by atoms with Crippen molar-refractivity contribution in [1.82, 2.24) is 15.1 Å². The van der Waals surface area contributed by atoms with Crippen LogP contribution >= 0.6 is 0 Å². The molecule has 1 rings (SSSR count). The van der Waals surface area contributed by atoms with Gasteiger partial charge in [-0.15, -0.1) is 0 Å². The van der Waals surface area contributed by atoms with Crippen LogP contribution < -0.4 is 5.32 Å². The number of unbranched alkanes of at least 4 members (excludes halogenated alkanes) is 1. The molecule has 1 aliphatic heterocycles. The van der Waals surface area contributed by atoms with Crippen LogP contribution in [0.2, 0.25) is 0 Å². The van der Waals surface area contributed by atoms with E-state index in [0.29, 0.717) is 19.7 Å². The van der Waals surface area contributed by atoms with Crippen molar-refractivity contribution in [3.8, 4) is 0 Å². The summed E-state index contributed by atoms with van der Waals surface area (Å²) in [6.45, 7) is 9.15. The van der Waals surface area contributed by atoms with Gasteiger partial charge in [-0.1, -0.05) is 27.2 Å². The summed E-state index contributed by atoms with van der Waals surface area (Å²) in [5.74, 6) is -0.571. The Hall–Kier alpha value is -1.63. The fraction of sp³-hybridized carbons (Fsp3) is 0.833. The van der Waals surface area contributed by atoms with Crippen molar-refractivity contribution < 1.29 is 19.1 Å². The van der Waals surface area contributed by atoms with Gasteiger partial charge in [-0.25, -0.2) is 0 Å². The SMILES string of the molecule is CCCCOC(=O)CC1C(=O)NCCN1CC(=O)N(CCC)CCC. The molecular weight excluding hydrogens is 322 g/mol. The molecule has 144 valence electrons. The molecule has 1 unspecified atom stereocenters. The monoisotopic (exact) mass is 355 g/mol. The summed E-state index contributed by atoms with van der Waals surface area (Å²) >= 11 is 0. The van der Waals surface area contributed by atoms with Crippen LogP contribution in [0.1, 0.15) is 52.9 Å². The Morgan fingerprint density at radius 2 is 1.88 bits per heavy atom. The van der Waals surface area contributed by atoms with Gasteiger partial charge in [-0.05, 0) is 19.3 Å². The molecule has 0 aromatic rings. The molecule has 0 aromatic carbocycles. The lowest BCUT2D eigenvalue weighted by Crippen LogP contribution is -2.58. The molecular formula is C18H33N3O4. The van der Waals surface area contributed by atoms with Crippen LogP contribution in [0, 0.1) is 0 Å². The Morgan fingerprint density at radius 3 is 2.48 bits per heavy atom. The zero-order valence-corrected chi connectivity index (χ0v) is 15.9. The molecule has 0 aromatic heterocycles. The summed E-state index contributed by atoms with van der Waals surface area (Å²) in [4.78, 5) is 40.4. The number of carbonyl (C=O) groups is 3. The summed E-state index contributed by atoms with van der Waals surface area (Å²) in [6, 6.07) is -0.628. The third kappa shape index (κ3) is 7.42. The summed E-state index contributed by atoms with van der Waals surface area (Å²) in [5, 5.41) is 2.77. The maximum atomic E-state index is 12.6. The molecule has 1 saturated heterocycles. The summed E-state index contributed by atoms with van der Waals surface area (Å²) in [5.41, 5.74) is 0. The van der Waals surface area contributed by atoms with Gasteiger partial charge in [-0.3, -0.25) is 19.3 Å². The molecule has 1 heterocycles. The van der Waals surface area contributed by atoms with Crippen LogP contribution in [-0.2, 0) is 19.1 Å². The highest BCUT2D eigenvalue weighted by atomic mass is 16.5. The van der Waals surface area contributed by atoms with Gasteiger partial charge in [0.25, 0.3) is 0 Å². The number of hydrogen-bond donors (Lipinski definition) is 1. The van der Waals surface area contributed by atoms with Crippen LogP contribution in [0.25, 0.3) is 0 Å². The molecule has 0 radical (unpaired) electrons. The zero-order chi connectivity index (χ0) is 18.7. The summed E-state index contributed by atoms with van der Waals surface area (Å²) < 4.78 is 5.17. The molecule has 0 spiro atoms. The maximum absolute atomic E-state index is 12.6. The topological polar surface area (TPSA) is 79.0 Å². The first-order valence-electron chi connectivity index (χ1n) is 9.48. The van der Waals surface area contributed by atoms with E-state index < -0.39 is 6.04 Å². The van der Waals surface area contributed by atoms with Crippen LogP contribution in [0.15, 0.2) is 0 Å². The van der Waals surface area contributed by atoms with E-state index in [4.69, 9.17) is 4.74 Å². The molecule has 25 heavy (non-hydrogen) atoms. The second-order valence-corrected chi connectivity index (χ2v) is 6.44. The van der Waals surface area contributed by atoms with Crippen molar-refractivity contribution in [1.29, 1.82) is 0 Å². The molecule has 0 aliphatic carbocycles. The van der Waals surface area contributed by atoms with E-state index in [0.717, 1.165) is 38.8 Å². The van der Waals surface area contributed by atoms with Crippen molar-refractivity contribution in [2.75, 3.05) is 39.3 Å². The van der Waals surface area contributed by atoms with E-state index in [2.05, 4.69) is 5.32 Å². The maximum Gasteiger partial charge on any atom is 0.307 e. The minimum Gasteiger partial charge on any atom is -0.466 e. The molecule has 1 N–H and O–H groups in total. The normalized spacial score (nSPS) is 17.9. The second kappa shape index (κ2) is 11.8. The van der Waals surface area contributed by atoms with Crippen LogP contribution in [0.4, 0.5) is 0 Å². The standard InChI is InChI=1S/C18H33N3O4/c1-4-7-12-25-17(23)13-15-18(24)19-8-11-21(15)14-16(22)20(9-5-2)10-6-3/h15H,4-14H2,1-3H3,(H,19,24). The molecule has 7 heteroatoms. The number of esters is 1. The zero-order valence-electron chi connectivity index (χ0n) is 15.9. The smallest absolute Gasteiger partial charge is 0.307 e. The Kier molecular flexibility index (Phi) is 10.1. The van der Waals surface area contributed by atoms with Gasteiger partial charge in [-0.2, -0.15) is 0 Å². The molecule has 0 saturated carbocycles. The number of piperazine rings is 1. The van der Waals surface area contributed by atoms with E-state index in [9.17, 15) is 14.4 Å². The van der Waals surface area contributed by atoms with E-state index in [1.807, 2.05) is 25.7 Å². The quantitative estimate of drug-likeness (QED) is 0.445. The molecule has 1 aliphatic rings. The predicted octanol–water partition coefficient (Wildman–Crippen LogP) is 1.17. The third-order valence-electron chi connectivity index (χ3n) is 4.24. The Balaban J connectivity index is 2.65. The van der Waals surface area contributed by atoms with Gasteiger partial charge in [0, 0.05) is 26.2 Å². The first-order chi connectivity index (χ1) is 12.0. The van der Waals surface area contributed by atoms with E-state index in [1.165, 1.54) is 0 Å². The van der Waals surface area contributed by atoms with Gasteiger partial charge < -0.3 is 15.0 Å². The number of nitrogens with zero attached hydrogens (tertiary/aromatic N) is 2. The van der Waals surface area contributed by atoms with Crippen molar-refractivity contribution in [3.05, 3.63) is 0 Å². The van der Waals surface area contributed by atoms with Crippen LogP contribution in [-0.4, -0.2) is 73.0 Å². The van der Waals surface area contributed by atoms with E-state index in [-0.39, 0.29) is 30.7 Å². The highest BCUT2D eigenvalue weighted by molar-refractivity contribution is 5.88. The Labute approximate surface area is 151 Å². The fourth-order valence-electron chi connectivity index (χ4n) is 2.90. The fourth-order valence-corrected chi connectivity index (χ4v) is 2.90. The van der Waals surface area contributed by atoms with Crippen LogP contribution in [0.3, 0.4) is 0 Å². The third-order valence-corrected chi connectivity index (χ3v) is 4.24. The number of hydrogen-bond acceptors (Lipinski definition) is 5. The van der Waals surface area contributed by atoms with Gasteiger partial charge >= 0.3 is 5.97 Å². The van der Waals surface area contributed by atoms with Crippen molar-refractivity contribution in [2.45, 2.75) is 58.9 Å². The number of amides is 2. The van der Waals surface area contributed by atoms with Crippen molar-refractivity contribution >= 4 is 17.8 Å². The largest absolute Gasteiger partial charge is 0.466 e. The molecule has 2 amide bonds. The van der Waals surface area contributed by atoms with Gasteiger partial charge in [0.05, 0.1) is 19.6 Å². The van der Waals surface area contributed by atoms with E-state index in [1.54, 1.807) is 4.90 Å². The Morgan fingerprint density at radius 1 is 1.20 bits per heavy atom. The van der Waals surface area contributed by atoms with Crippen LogP contribution in [0.5, 0.6) is 0 Å². The Bertz CT molecular complexity index is 436. The average Bonchev–Trinajstić information content (AvgIpc) is 2.58. The van der Waals surface area contributed by atoms with E-state index >= 15 is 0 Å². The lowest BCUT2D eigenvalue weighted by molar-refractivity contribution is -0.149. The highest BCUT2D eigenvalue weighted by Crippen LogP contribution is 2.11. The van der Waals surface area contributed by atoms with Crippen molar-refractivity contribution in [2.24, 2.45) is 0 Å². The minimum absolute atomic E-state index is 0.00954. The first kappa shape index (κ1) is 21.4. The number of ether oxygens (including phenoxy) is 1. The lowest BCUT2D eigenvalue weighted by atomic mass is 10.1. The second-order valence-electron chi connectivity index (χ2n) is 6.44. The first-order valence-corrected chi connectivity index (χ1v) is 9.48. The number of carbonyl (C=O) groups excluding carboxylic acids is 3. The predicted molar refractivity (Wildman–Crippen MR) is 96.0 cm³/mol. The number of rotatable bonds is 11. The highest BCUT2D eigenvalue weighted by Gasteiger charge is 2.33.